The van der Waals surface area contributed by atoms with Crippen molar-refractivity contribution in [2.45, 2.75) is 45.0 Å². The van der Waals surface area contributed by atoms with Gasteiger partial charge in [0.15, 0.2) is 0 Å². The van der Waals surface area contributed by atoms with Crippen molar-refractivity contribution in [2.75, 3.05) is 20.2 Å². The normalized spacial score (nSPS) is 15.1. The summed E-state index contributed by atoms with van der Waals surface area (Å²) in [5.74, 6) is 0.532. The highest BCUT2D eigenvalue weighted by Crippen LogP contribution is 2.42. The van der Waals surface area contributed by atoms with Crippen molar-refractivity contribution in [2.24, 2.45) is 0 Å². The molecule has 2 aromatic carbocycles. The van der Waals surface area contributed by atoms with E-state index in [4.69, 9.17) is 32.9 Å². The number of nitrogens with zero attached hydrogens (tertiary/aromatic N) is 3. The number of aliphatic hydroxyl groups is 1. The smallest absolute Gasteiger partial charge is 0.262 e. The second kappa shape index (κ2) is 14.8. The van der Waals surface area contributed by atoms with Crippen LogP contribution in [0.4, 0.5) is 0 Å². The van der Waals surface area contributed by atoms with Gasteiger partial charge in [0.25, 0.3) is 5.56 Å². The summed E-state index contributed by atoms with van der Waals surface area (Å²) in [5.41, 5.74) is 6.17. The third-order valence-electron chi connectivity index (χ3n) is 8.33. The van der Waals surface area contributed by atoms with E-state index in [1.807, 2.05) is 60.7 Å². The molecule has 0 aliphatic carbocycles. The van der Waals surface area contributed by atoms with Crippen LogP contribution >= 0.6 is 23.2 Å². The zero-order valence-electron chi connectivity index (χ0n) is 26.6. The van der Waals surface area contributed by atoms with E-state index in [0.29, 0.717) is 65.4 Å². The fourth-order valence-corrected chi connectivity index (χ4v) is 6.52. The van der Waals surface area contributed by atoms with E-state index in [1.165, 1.54) is 4.40 Å². The van der Waals surface area contributed by atoms with E-state index in [1.54, 1.807) is 26.4 Å². The molecule has 1 unspecified atom stereocenters. The second-order valence-corrected chi connectivity index (χ2v) is 12.6. The SMILES string of the molecule is COc1nc(-c2cccc(-c3cccc(-c4ccn5c(=O)c(CNC[C@@H]6CCC(=O)N6)cnc5c4)c3Cl)c2Cl)ccc1CNCC(C)O. The lowest BCUT2D eigenvalue weighted by atomic mass is 9.97. The molecule has 12 heteroatoms. The lowest BCUT2D eigenvalue weighted by molar-refractivity contribution is -0.119. The average Bonchev–Trinajstić information content (AvgIpc) is 3.50. The van der Waals surface area contributed by atoms with Gasteiger partial charge in [0.2, 0.25) is 11.8 Å². The predicted octanol–water partition coefficient (Wildman–Crippen LogP) is 5.24. The zero-order valence-corrected chi connectivity index (χ0v) is 28.1. The molecular formula is C36H36Cl2N6O4. The number of hydrogen-bond donors (Lipinski definition) is 4. The van der Waals surface area contributed by atoms with Crippen LogP contribution < -0.4 is 26.2 Å². The van der Waals surface area contributed by atoms with Gasteiger partial charge < -0.3 is 25.8 Å². The van der Waals surface area contributed by atoms with Gasteiger partial charge in [-0.15, -0.1) is 0 Å². The van der Waals surface area contributed by atoms with E-state index in [-0.39, 0.29) is 17.5 Å². The number of aromatic nitrogens is 3. The molecule has 1 aliphatic heterocycles. The van der Waals surface area contributed by atoms with Gasteiger partial charge in [-0.2, -0.15) is 0 Å². The molecule has 4 heterocycles. The van der Waals surface area contributed by atoms with Gasteiger partial charge in [-0.3, -0.25) is 14.0 Å². The maximum absolute atomic E-state index is 13.2. The highest BCUT2D eigenvalue weighted by Gasteiger charge is 2.21. The van der Waals surface area contributed by atoms with Crippen LogP contribution in [0.2, 0.25) is 10.0 Å². The number of pyridine rings is 2. The number of halogens is 2. The van der Waals surface area contributed by atoms with Gasteiger partial charge >= 0.3 is 0 Å². The molecule has 248 valence electrons. The molecule has 2 atom stereocenters. The zero-order chi connectivity index (χ0) is 33.8. The third kappa shape index (κ3) is 7.23. The first-order valence-electron chi connectivity index (χ1n) is 15.7. The summed E-state index contributed by atoms with van der Waals surface area (Å²) in [6.45, 7) is 3.62. The molecule has 0 bridgehead atoms. The minimum atomic E-state index is -0.460. The molecule has 0 spiro atoms. The van der Waals surface area contributed by atoms with Crippen molar-refractivity contribution in [3.05, 3.63) is 105 Å². The van der Waals surface area contributed by atoms with E-state index < -0.39 is 6.10 Å². The Morgan fingerprint density at radius 2 is 1.69 bits per heavy atom. The topological polar surface area (TPSA) is 130 Å². The highest BCUT2D eigenvalue weighted by molar-refractivity contribution is 6.39. The molecule has 6 rings (SSSR count). The molecule has 1 aliphatic rings. The van der Waals surface area contributed by atoms with Gasteiger partial charge in [0.1, 0.15) is 5.65 Å². The Kier molecular flexibility index (Phi) is 10.4. The Bertz CT molecular complexity index is 2030. The number of amides is 1. The molecule has 10 nitrogen and oxygen atoms in total. The van der Waals surface area contributed by atoms with Gasteiger partial charge in [0.05, 0.1) is 29.0 Å². The minimum Gasteiger partial charge on any atom is -0.481 e. The van der Waals surface area contributed by atoms with Crippen molar-refractivity contribution in [3.63, 3.8) is 0 Å². The molecule has 5 aromatic rings. The molecule has 4 N–H and O–H groups in total. The molecule has 0 radical (unpaired) electrons. The summed E-state index contributed by atoms with van der Waals surface area (Å²) in [5, 5.41) is 19.9. The third-order valence-corrected chi connectivity index (χ3v) is 9.15. The van der Waals surface area contributed by atoms with Crippen LogP contribution in [0.3, 0.4) is 0 Å². The van der Waals surface area contributed by atoms with E-state index in [0.717, 1.165) is 39.8 Å². The summed E-state index contributed by atoms with van der Waals surface area (Å²) in [7, 11) is 1.57. The molecule has 48 heavy (non-hydrogen) atoms. The van der Waals surface area contributed by atoms with Crippen LogP contribution in [0.1, 0.15) is 30.9 Å². The summed E-state index contributed by atoms with van der Waals surface area (Å²) in [6, 6.07) is 19.1. The highest BCUT2D eigenvalue weighted by atomic mass is 35.5. The molecular weight excluding hydrogens is 651 g/mol. The van der Waals surface area contributed by atoms with Crippen LogP contribution in [0.25, 0.3) is 39.2 Å². The van der Waals surface area contributed by atoms with Crippen LogP contribution in [0.15, 0.2) is 77.9 Å². The summed E-state index contributed by atoms with van der Waals surface area (Å²) in [4.78, 5) is 34.0. The van der Waals surface area contributed by atoms with Crippen molar-refractivity contribution >= 4 is 34.8 Å². The van der Waals surface area contributed by atoms with Gasteiger partial charge in [-0.25, -0.2) is 9.97 Å². The van der Waals surface area contributed by atoms with E-state index in [2.05, 4.69) is 20.9 Å². The van der Waals surface area contributed by atoms with Crippen LogP contribution in [0, 0.1) is 0 Å². The number of fused-ring (bicyclic) bond motifs is 1. The van der Waals surface area contributed by atoms with E-state index >= 15 is 0 Å². The monoisotopic (exact) mass is 686 g/mol. The van der Waals surface area contributed by atoms with Gasteiger partial charge in [0, 0.05) is 84.4 Å². The van der Waals surface area contributed by atoms with Crippen LogP contribution in [0.5, 0.6) is 5.88 Å². The lowest BCUT2D eigenvalue weighted by Crippen LogP contribution is -2.36. The number of hydrogen-bond acceptors (Lipinski definition) is 8. The van der Waals surface area contributed by atoms with Gasteiger partial charge in [-0.05, 0) is 37.1 Å². The molecule has 3 aromatic heterocycles. The Hall–Kier alpha value is -4.32. The minimum absolute atomic E-state index is 0.0614. The second-order valence-electron chi connectivity index (χ2n) is 11.8. The Balaban J connectivity index is 1.25. The summed E-state index contributed by atoms with van der Waals surface area (Å²) in [6.07, 6.45) is 4.16. The van der Waals surface area contributed by atoms with Crippen molar-refractivity contribution in [3.8, 4) is 39.4 Å². The number of rotatable bonds is 12. The predicted molar refractivity (Wildman–Crippen MR) is 188 cm³/mol. The van der Waals surface area contributed by atoms with Crippen molar-refractivity contribution < 1.29 is 14.6 Å². The Morgan fingerprint density at radius 1 is 0.979 bits per heavy atom. The first-order valence-corrected chi connectivity index (χ1v) is 16.5. The maximum atomic E-state index is 13.2. The molecule has 1 saturated heterocycles. The van der Waals surface area contributed by atoms with Crippen LogP contribution in [-0.4, -0.2) is 57.7 Å². The standard InChI is InChI=1S/C36H36Cl2N6O4/c1-21(45)16-39-17-23-9-11-30(43-35(23)48-2)29-8-4-7-28(34(29)38)27-6-3-5-26(33(27)37)22-13-14-44-31(15-22)41-19-24(36(44)47)18-40-20-25-10-12-32(46)42-25/h3-9,11,13-15,19,21,25,39-40,45H,10,12,16-18,20H2,1-2H3,(H,42,46)/t21?,25-/m0/s1. The molecule has 1 fully saturated rings. The number of benzene rings is 2. The Morgan fingerprint density at radius 3 is 2.40 bits per heavy atom. The molecule has 1 amide bonds. The number of methoxy groups -OCH3 is 1. The molecule has 0 saturated carbocycles. The quantitative estimate of drug-likeness (QED) is 0.140. The fourth-order valence-electron chi connectivity index (χ4n) is 5.86. The number of aliphatic hydroxyl groups excluding tert-OH is 1. The number of nitrogens with one attached hydrogen (secondary N) is 3. The first-order chi connectivity index (χ1) is 23.2. The van der Waals surface area contributed by atoms with Gasteiger partial charge in [-0.1, -0.05) is 65.7 Å². The number of ether oxygens (including phenoxy) is 1. The van der Waals surface area contributed by atoms with Crippen molar-refractivity contribution in [1.82, 2.24) is 30.3 Å². The van der Waals surface area contributed by atoms with Crippen molar-refractivity contribution in [1.29, 1.82) is 0 Å². The lowest BCUT2D eigenvalue weighted by Gasteiger charge is -2.15. The summed E-state index contributed by atoms with van der Waals surface area (Å²) < 4.78 is 7.09. The number of carbonyl (C=O) groups is 1. The Labute approximate surface area is 288 Å². The average molecular weight is 688 g/mol. The fraction of sp³-hybridized carbons (Fsp3) is 0.278. The number of carbonyl (C=O) groups excluding carboxylic acids is 1. The van der Waals surface area contributed by atoms with E-state index in [9.17, 15) is 14.7 Å². The largest absolute Gasteiger partial charge is 0.481 e. The van der Waals surface area contributed by atoms with Crippen LogP contribution in [-0.2, 0) is 17.9 Å². The first kappa shape index (κ1) is 33.6. The summed E-state index contributed by atoms with van der Waals surface area (Å²) >= 11 is 14.1. The maximum Gasteiger partial charge on any atom is 0.262 e.